The molecular weight excluding hydrogens is 384 g/mol. The SMILES string of the molecule is COc1ccc(C)cc1NC(=O)[C@H](Sc1nnc(C2CC2)n1C)c1ccccc1. The van der Waals surface area contributed by atoms with Gasteiger partial charge in [0.1, 0.15) is 16.8 Å². The molecule has 1 aliphatic rings. The van der Waals surface area contributed by atoms with Crippen molar-refractivity contribution in [2.75, 3.05) is 12.4 Å². The Morgan fingerprint density at radius 3 is 2.66 bits per heavy atom. The molecule has 6 nitrogen and oxygen atoms in total. The first kappa shape index (κ1) is 19.5. The molecule has 7 heteroatoms. The molecule has 0 unspecified atom stereocenters. The van der Waals surface area contributed by atoms with Gasteiger partial charge in [0, 0.05) is 13.0 Å². The van der Waals surface area contributed by atoms with Crippen LogP contribution in [-0.4, -0.2) is 27.8 Å². The molecule has 29 heavy (non-hydrogen) atoms. The first-order chi connectivity index (χ1) is 14.1. The number of aryl methyl sites for hydroxylation is 1. The summed E-state index contributed by atoms with van der Waals surface area (Å²) >= 11 is 1.42. The molecule has 0 radical (unpaired) electrons. The maximum Gasteiger partial charge on any atom is 0.242 e. The monoisotopic (exact) mass is 408 g/mol. The van der Waals surface area contributed by atoms with Crippen LogP contribution in [0.15, 0.2) is 53.7 Å². The van der Waals surface area contributed by atoms with Gasteiger partial charge in [-0.3, -0.25) is 4.79 Å². The molecule has 1 heterocycles. The highest BCUT2D eigenvalue weighted by atomic mass is 32.2. The van der Waals surface area contributed by atoms with Gasteiger partial charge in [0.15, 0.2) is 5.16 Å². The molecule has 0 aliphatic heterocycles. The summed E-state index contributed by atoms with van der Waals surface area (Å²) in [5, 5.41) is 12.0. The third-order valence-corrected chi connectivity index (χ3v) is 6.28. The molecule has 0 saturated heterocycles. The second-order valence-electron chi connectivity index (χ2n) is 7.28. The molecule has 1 aromatic heterocycles. The minimum absolute atomic E-state index is 0.124. The number of nitrogens with zero attached hydrogens (tertiary/aromatic N) is 3. The Morgan fingerprint density at radius 2 is 1.97 bits per heavy atom. The van der Waals surface area contributed by atoms with E-state index in [9.17, 15) is 4.79 Å². The van der Waals surface area contributed by atoms with Crippen LogP contribution in [0.1, 0.15) is 41.0 Å². The van der Waals surface area contributed by atoms with Crippen molar-refractivity contribution >= 4 is 23.4 Å². The van der Waals surface area contributed by atoms with Gasteiger partial charge in [-0.05, 0) is 43.0 Å². The number of nitrogens with one attached hydrogen (secondary N) is 1. The summed E-state index contributed by atoms with van der Waals surface area (Å²) in [6.45, 7) is 1.98. The fourth-order valence-electron chi connectivity index (χ4n) is 3.25. The van der Waals surface area contributed by atoms with Gasteiger partial charge in [-0.25, -0.2) is 0 Å². The quantitative estimate of drug-likeness (QED) is 0.584. The van der Waals surface area contributed by atoms with E-state index in [2.05, 4.69) is 15.5 Å². The fraction of sp³-hybridized carbons (Fsp3) is 0.318. The molecule has 1 atom stereocenters. The van der Waals surface area contributed by atoms with Gasteiger partial charge in [0.25, 0.3) is 0 Å². The second-order valence-corrected chi connectivity index (χ2v) is 8.35. The molecule has 1 N–H and O–H groups in total. The Labute approximate surface area is 174 Å². The van der Waals surface area contributed by atoms with Crippen LogP contribution in [-0.2, 0) is 11.8 Å². The van der Waals surface area contributed by atoms with Crippen LogP contribution in [0.25, 0.3) is 0 Å². The Bertz CT molecular complexity index is 1010. The van der Waals surface area contributed by atoms with Gasteiger partial charge in [-0.15, -0.1) is 10.2 Å². The lowest BCUT2D eigenvalue weighted by molar-refractivity contribution is -0.115. The number of benzene rings is 2. The van der Waals surface area contributed by atoms with E-state index in [4.69, 9.17) is 4.74 Å². The van der Waals surface area contributed by atoms with Gasteiger partial charge in [0.05, 0.1) is 12.8 Å². The largest absolute Gasteiger partial charge is 0.495 e. The number of thioether (sulfide) groups is 1. The molecule has 150 valence electrons. The number of hydrogen-bond acceptors (Lipinski definition) is 5. The third-order valence-electron chi connectivity index (χ3n) is 4.99. The number of methoxy groups -OCH3 is 1. The number of carbonyl (C=O) groups is 1. The topological polar surface area (TPSA) is 69.0 Å². The van der Waals surface area contributed by atoms with E-state index in [1.54, 1.807) is 7.11 Å². The number of aromatic nitrogens is 3. The molecule has 1 amide bonds. The molecule has 3 aromatic rings. The summed E-state index contributed by atoms with van der Waals surface area (Å²) in [5.74, 6) is 2.01. The van der Waals surface area contributed by atoms with E-state index in [1.807, 2.05) is 67.1 Å². The summed E-state index contributed by atoms with van der Waals surface area (Å²) in [5.41, 5.74) is 2.63. The van der Waals surface area contributed by atoms with Crippen molar-refractivity contribution in [3.05, 3.63) is 65.5 Å². The minimum Gasteiger partial charge on any atom is -0.495 e. The highest BCUT2D eigenvalue weighted by Gasteiger charge is 2.31. The Hall–Kier alpha value is -2.80. The van der Waals surface area contributed by atoms with Crippen LogP contribution in [0.4, 0.5) is 5.69 Å². The van der Waals surface area contributed by atoms with Gasteiger partial charge in [-0.1, -0.05) is 48.2 Å². The van der Waals surface area contributed by atoms with Crippen molar-refractivity contribution in [1.29, 1.82) is 0 Å². The second kappa shape index (κ2) is 8.29. The van der Waals surface area contributed by atoms with Crippen molar-refractivity contribution in [2.45, 2.75) is 36.1 Å². The number of amides is 1. The summed E-state index contributed by atoms with van der Waals surface area (Å²) in [6, 6.07) is 15.5. The zero-order valence-electron chi connectivity index (χ0n) is 16.8. The van der Waals surface area contributed by atoms with E-state index in [0.717, 1.165) is 34.9 Å². The molecule has 0 bridgehead atoms. The first-order valence-corrected chi connectivity index (χ1v) is 10.5. The van der Waals surface area contributed by atoms with E-state index in [0.29, 0.717) is 17.4 Å². The van der Waals surface area contributed by atoms with Crippen LogP contribution in [0.2, 0.25) is 0 Å². The molecule has 1 saturated carbocycles. The van der Waals surface area contributed by atoms with E-state index >= 15 is 0 Å². The van der Waals surface area contributed by atoms with E-state index in [1.165, 1.54) is 11.8 Å². The average Bonchev–Trinajstić information content (AvgIpc) is 3.50. The molecular formula is C22H24N4O2S. The molecule has 0 spiro atoms. The van der Waals surface area contributed by atoms with Crippen LogP contribution < -0.4 is 10.1 Å². The lowest BCUT2D eigenvalue weighted by Crippen LogP contribution is -2.20. The normalized spacial score (nSPS) is 14.4. The van der Waals surface area contributed by atoms with Gasteiger partial charge in [0.2, 0.25) is 5.91 Å². The van der Waals surface area contributed by atoms with Crippen molar-refractivity contribution in [3.8, 4) is 5.75 Å². The van der Waals surface area contributed by atoms with Crippen LogP contribution >= 0.6 is 11.8 Å². The smallest absolute Gasteiger partial charge is 0.242 e. The maximum atomic E-state index is 13.3. The highest BCUT2D eigenvalue weighted by Crippen LogP contribution is 2.41. The first-order valence-electron chi connectivity index (χ1n) is 9.63. The Kier molecular flexibility index (Phi) is 5.58. The standard InChI is InChI=1S/C22H24N4O2S/c1-14-9-12-18(28-3)17(13-14)23-21(27)19(15-7-5-4-6-8-15)29-22-25-24-20(26(22)2)16-10-11-16/h4-9,12-13,16,19H,10-11H2,1-3H3,(H,23,27)/t19-/m1/s1. The van der Waals surface area contributed by atoms with Crippen molar-refractivity contribution in [3.63, 3.8) is 0 Å². The van der Waals surface area contributed by atoms with Gasteiger partial charge >= 0.3 is 0 Å². The lowest BCUT2D eigenvalue weighted by Gasteiger charge is -2.18. The van der Waals surface area contributed by atoms with Crippen molar-refractivity contribution < 1.29 is 9.53 Å². The van der Waals surface area contributed by atoms with Crippen molar-refractivity contribution in [2.24, 2.45) is 7.05 Å². The van der Waals surface area contributed by atoms with Crippen LogP contribution in [0, 0.1) is 6.92 Å². The summed E-state index contributed by atoms with van der Waals surface area (Å²) in [7, 11) is 3.57. The number of rotatable bonds is 7. The van der Waals surface area contributed by atoms with Crippen LogP contribution in [0.5, 0.6) is 5.75 Å². The summed E-state index contributed by atoms with van der Waals surface area (Å²) in [6.07, 6.45) is 2.32. The predicted molar refractivity (Wildman–Crippen MR) is 114 cm³/mol. The van der Waals surface area contributed by atoms with Crippen molar-refractivity contribution in [1.82, 2.24) is 14.8 Å². The zero-order valence-corrected chi connectivity index (χ0v) is 17.6. The number of hydrogen-bond donors (Lipinski definition) is 1. The Balaban J connectivity index is 1.62. The number of anilines is 1. The van der Waals surface area contributed by atoms with Gasteiger partial charge < -0.3 is 14.6 Å². The fourth-order valence-corrected chi connectivity index (χ4v) is 4.26. The van der Waals surface area contributed by atoms with Gasteiger partial charge in [-0.2, -0.15) is 0 Å². The number of ether oxygens (including phenoxy) is 1. The third kappa shape index (κ3) is 4.29. The number of carbonyl (C=O) groups excluding carboxylic acids is 1. The summed E-state index contributed by atoms with van der Waals surface area (Å²) < 4.78 is 7.43. The predicted octanol–water partition coefficient (Wildman–Crippen LogP) is 4.48. The molecule has 1 fully saturated rings. The lowest BCUT2D eigenvalue weighted by atomic mass is 10.1. The zero-order chi connectivity index (χ0) is 20.4. The molecule has 4 rings (SSSR count). The average molecular weight is 409 g/mol. The molecule has 1 aliphatic carbocycles. The highest BCUT2D eigenvalue weighted by molar-refractivity contribution is 8.00. The van der Waals surface area contributed by atoms with E-state index in [-0.39, 0.29) is 5.91 Å². The maximum absolute atomic E-state index is 13.3. The van der Waals surface area contributed by atoms with Crippen LogP contribution in [0.3, 0.4) is 0 Å². The molecule has 2 aromatic carbocycles. The minimum atomic E-state index is -0.462. The Morgan fingerprint density at radius 1 is 1.21 bits per heavy atom. The van der Waals surface area contributed by atoms with E-state index < -0.39 is 5.25 Å². The summed E-state index contributed by atoms with van der Waals surface area (Å²) in [4.78, 5) is 13.3.